The molecule has 0 aromatic heterocycles. The molecule has 1 atom stereocenters. The Morgan fingerprint density at radius 1 is 0.885 bits per heavy atom. The van der Waals surface area contributed by atoms with E-state index < -0.39 is 0 Å². The predicted molar refractivity (Wildman–Crippen MR) is 110 cm³/mol. The lowest BCUT2D eigenvalue weighted by Crippen LogP contribution is -2.50. The SMILES string of the molecule is CCCCCCCCCCC(O)N1CCN(c2ccc(OC)cc2)CC1. The Balaban J connectivity index is 1.58. The number of methoxy groups -OCH3 is 1. The van der Waals surface area contributed by atoms with Crippen molar-refractivity contribution in [3.8, 4) is 5.75 Å². The van der Waals surface area contributed by atoms with Crippen molar-refractivity contribution in [2.24, 2.45) is 0 Å². The first kappa shape index (κ1) is 21.0. The highest BCUT2D eigenvalue weighted by molar-refractivity contribution is 5.49. The van der Waals surface area contributed by atoms with Crippen LogP contribution in [0.1, 0.15) is 64.7 Å². The van der Waals surface area contributed by atoms with E-state index in [1.54, 1.807) is 7.11 Å². The quantitative estimate of drug-likeness (QED) is 0.548. The smallest absolute Gasteiger partial charge is 0.119 e. The Hall–Kier alpha value is -1.26. The van der Waals surface area contributed by atoms with E-state index in [4.69, 9.17) is 4.74 Å². The molecule has 1 N–H and O–H groups in total. The molecule has 0 bridgehead atoms. The molecule has 1 saturated heterocycles. The first-order chi connectivity index (χ1) is 12.7. The molecule has 0 spiro atoms. The summed E-state index contributed by atoms with van der Waals surface area (Å²) in [5.74, 6) is 0.896. The predicted octanol–water partition coefficient (Wildman–Crippen LogP) is 4.67. The van der Waals surface area contributed by atoms with Gasteiger partial charge < -0.3 is 14.7 Å². The van der Waals surface area contributed by atoms with Crippen LogP contribution in [-0.4, -0.2) is 49.5 Å². The largest absolute Gasteiger partial charge is 0.497 e. The molecule has 0 saturated carbocycles. The van der Waals surface area contributed by atoms with E-state index in [2.05, 4.69) is 28.9 Å². The minimum atomic E-state index is -0.270. The van der Waals surface area contributed by atoms with Crippen LogP contribution in [0, 0.1) is 0 Å². The van der Waals surface area contributed by atoms with E-state index >= 15 is 0 Å². The van der Waals surface area contributed by atoms with Gasteiger partial charge in [0.2, 0.25) is 0 Å². The second kappa shape index (κ2) is 12.2. The van der Waals surface area contributed by atoms with Crippen LogP contribution in [-0.2, 0) is 0 Å². The second-order valence-electron chi connectivity index (χ2n) is 7.47. The van der Waals surface area contributed by atoms with Crippen LogP contribution in [0.15, 0.2) is 24.3 Å². The van der Waals surface area contributed by atoms with Gasteiger partial charge in [-0.3, -0.25) is 4.90 Å². The average molecular weight is 363 g/mol. The van der Waals surface area contributed by atoms with Gasteiger partial charge in [-0.1, -0.05) is 51.9 Å². The molecule has 0 aliphatic carbocycles. The number of ether oxygens (including phenoxy) is 1. The third kappa shape index (κ3) is 7.16. The first-order valence-corrected chi connectivity index (χ1v) is 10.6. The van der Waals surface area contributed by atoms with Crippen molar-refractivity contribution in [2.45, 2.75) is 70.9 Å². The molecular weight excluding hydrogens is 324 g/mol. The summed E-state index contributed by atoms with van der Waals surface area (Å²) in [6.07, 6.45) is 11.2. The van der Waals surface area contributed by atoms with Crippen molar-refractivity contribution >= 4 is 5.69 Å². The van der Waals surface area contributed by atoms with Crippen LogP contribution < -0.4 is 9.64 Å². The van der Waals surface area contributed by atoms with Gasteiger partial charge in [0.1, 0.15) is 12.0 Å². The second-order valence-corrected chi connectivity index (χ2v) is 7.47. The fourth-order valence-electron chi connectivity index (χ4n) is 3.71. The number of aliphatic hydroxyl groups excluding tert-OH is 1. The van der Waals surface area contributed by atoms with Crippen LogP contribution in [0.5, 0.6) is 5.75 Å². The van der Waals surface area contributed by atoms with Crippen molar-refractivity contribution < 1.29 is 9.84 Å². The van der Waals surface area contributed by atoms with Crippen LogP contribution in [0.2, 0.25) is 0 Å². The Morgan fingerprint density at radius 2 is 1.46 bits per heavy atom. The van der Waals surface area contributed by atoms with Gasteiger partial charge in [0, 0.05) is 31.9 Å². The number of unbranched alkanes of at least 4 members (excludes halogenated alkanes) is 7. The minimum Gasteiger partial charge on any atom is -0.497 e. The van der Waals surface area contributed by atoms with Gasteiger partial charge in [0.05, 0.1) is 7.11 Å². The molecule has 1 fully saturated rings. The highest BCUT2D eigenvalue weighted by atomic mass is 16.5. The molecule has 1 aliphatic heterocycles. The molecule has 0 radical (unpaired) electrons. The maximum Gasteiger partial charge on any atom is 0.119 e. The van der Waals surface area contributed by atoms with E-state index in [0.29, 0.717) is 0 Å². The lowest BCUT2D eigenvalue weighted by molar-refractivity contribution is -0.00713. The molecule has 1 heterocycles. The number of benzene rings is 1. The number of rotatable bonds is 12. The van der Waals surface area contributed by atoms with Gasteiger partial charge in [-0.2, -0.15) is 0 Å². The third-order valence-electron chi connectivity index (χ3n) is 5.49. The Labute approximate surface area is 160 Å². The van der Waals surface area contributed by atoms with Crippen LogP contribution in [0.25, 0.3) is 0 Å². The van der Waals surface area contributed by atoms with Crippen LogP contribution in [0.3, 0.4) is 0 Å². The molecule has 4 heteroatoms. The summed E-state index contributed by atoms with van der Waals surface area (Å²) in [5.41, 5.74) is 1.24. The highest BCUT2D eigenvalue weighted by Crippen LogP contribution is 2.21. The molecule has 1 unspecified atom stereocenters. The lowest BCUT2D eigenvalue weighted by atomic mass is 10.1. The monoisotopic (exact) mass is 362 g/mol. The van der Waals surface area contributed by atoms with Crippen LogP contribution in [0.4, 0.5) is 5.69 Å². The molecule has 1 aromatic rings. The summed E-state index contributed by atoms with van der Waals surface area (Å²) in [4.78, 5) is 4.63. The van der Waals surface area contributed by atoms with Gasteiger partial charge in [0.25, 0.3) is 0 Å². The number of piperazine rings is 1. The highest BCUT2D eigenvalue weighted by Gasteiger charge is 2.22. The Bertz CT molecular complexity index is 470. The van der Waals surface area contributed by atoms with E-state index in [-0.39, 0.29) is 6.23 Å². The molecule has 0 amide bonds. The van der Waals surface area contributed by atoms with Crippen molar-refractivity contribution in [3.63, 3.8) is 0 Å². The number of anilines is 1. The number of aliphatic hydroxyl groups is 1. The van der Waals surface area contributed by atoms with Crippen molar-refractivity contribution in [2.75, 3.05) is 38.2 Å². The van der Waals surface area contributed by atoms with Gasteiger partial charge in [0.15, 0.2) is 0 Å². The maximum absolute atomic E-state index is 10.5. The molecule has 148 valence electrons. The summed E-state index contributed by atoms with van der Waals surface area (Å²) < 4.78 is 5.22. The molecular formula is C22H38N2O2. The Kier molecular flexibility index (Phi) is 9.86. The summed E-state index contributed by atoms with van der Waals surface area (Å²) in [7, 11) is 1.70. The number of nitrogens with zero attached hydrogens (tertiary/aromatic N) is 2. The van der Waals surface area contributed by atoms with Gasteiger partial charge in [-0.25, -0.2) is 0 Å². The van der Waals surface area contributed by atoms with E-state index in [9.17, 15) is 5.11 Å². The molecule has 2 rings (SSSR count). The average Bonchev–Trinajstić information content (AvgIpc) is 2.70. The zero-order chi connectivity index (χ0) is 18.6. The molecule has 1 aliphatic rings. The topological polar surface area (TPSA) is 35.9 Å². The molecule has 1 aromatic carbocycles. The van der Waals surface area contributed by atoms with Gasteiger partial charge >= 0.3 is 0 Å². The summed E-state index contributed by atoms with van der Waals surface area (Å²) in [5, 5.41) is 10.5. The number of hydrogen-bond donors (Lipinski definition) is 1. The number of hydrogen-bond acceptors (Lipinski definition) is 4. The first-order valence-electron chi connectivity index (χ1n) is 10.6. The van der Waals surface area contributed by atoms with Crippen molar-refractivity contribution in [1.82, 2.24) is 4.90 Å². The maximum atomic E-state index is 10.5. The fraction of sp³-hybridized carbons (Fsp3) is 0.727. The summed E-state index contributed by atoms with van der Waals surface area (Å²) in [6, 6.07) is 8.26. The van der Waals surface area contributed by atoms with E-state index in [1.807, 2.05) is 12.1 Å². The zero-order valence-corrected chi connectivity index (χ0v) is 16.8. The van der Waals surface area contributed by atoms with Crippen LogP contribution >= 0.6 is 0 Å². The summed E-state index contributed by atoms with van der Waals surface area (Å²) >= 11 is 0. The standard InChI is InChI=1S/C22H38N2O2/c1-3-4-5-6-7-8-9-10-11-22(25)24-18-16-23(17-19-24)20-12-14-21(26-2)15-13-20/h12-15,22,25H,3-11,16-19H2,1-2H3. The van der Waals surface area contributed by atoms with Gasteiger partial charge in [-0.05, 0) is 37.1 Å². The minimum absolute atomic E-state index is 0.270. The third-order valence-corrected chi connectivity index (χ3v) is 5.49. The van der Waals surface area contributed by atoms with Crippen molar-refractivity contribution in [3.05, 3.63) is 24.3 Å². The summed E-state index contributed by atoms with van der Waals surface area (Å²) in [6.45, 7) is 6.08. The molecule has 26 heavy (non-hydrogen) atoms. The normalized spacial score (nSPS) is 16.7. The lowest BCUT2D eigenvalue weighted by Gasteiger charge is -2.38. The van der Waals surface area contributed by atoms with Gasteiger partial charge in [-0.15, -0.1) is 0 Å². The van der Waals surface area contributed by atoms with E-state index in [1.165, 1.54) is 50.6 Å². The molecule has 4 nitrogen and oxygen atoms in total. The van der Waals surface area contributed by atoms with Crippen molar-refractivity contribution in [1.29, 1.82) is 0 Å². The van der Waals surface area contributed by atoms with E-state index in [0.717, 1.165) is 44.8 Å². The fourth-order valence-corrected chi connectivity index (χ4v) is 3.71. The zero-order valence-electron chi connectivity index (χ0n) is 16.8. The Morgan fingerprint density at radius 3 is 2.04 bits per heavy atom.